The molecular weight excluding hydrogens is 619 g/mol. The molecule has 238 valence electrons. The smallest absolute Gasteiger partial charge is 0.0991 e. The summed E-state index contributed by atoms with van der Waals surface area (Å²) in [5, 5.41) is 12.2. The molecule has 3 nitrogen and oxygen atoms in total. The van der Waals surface area contributed by atoms with Gasteiger partial charge >= 0.3 is 0 Å². The van der Waals surface area contributed by atoms with E-state index in [1.807, 2.05) is 36.4 Å². The van der Waals surface area contributed by atoms with Gasteiger partial charge in [0.15, 0.2) is 0 Å². The number of fused-ring (bicyclic) bond motifs is 3. The predicted molar refractivity (Wildman–Crippen MR) is 210 cm³/mol. The highest BCUT2D eigenvalue weighted by Crippen LogP contribution is 2.39. The monoisotopic (exact) mass is 649 g/mol. The molecule has 2 aromatic heterocycles. The zero-order valence-electron chi connectivity index (χ0n) is 27.7. The molecule has 0 unspecified atom stereocenters. The van der Waals surface area contributed by atoms with Crippen LogP contribution in [0.2, 0.25) is 0 Å². The molecule has 0 radical (unpaired) electrons. The Morgan fingerprint density at radius 2 is 0.863 bits per heavy atom. The molecule has 51 heavy (non-hydrogen) atoms. The Hall–Kier alpha value is -7.02. The minimum Gasteiger partial charge on any atom is -0.309 e. The van der Waals surface area contributed by atoms with Crippen LogP contribution in [-0.2, 0) is 0 Å². The summed E-state index contributed by atoms with van der Waals surface area (Å²) in [5.74, 6) is 0. The second-order valence-electron chi connectivity index (χ2n) is 12.8. The van der Waals surface area contributed by atoms with E-state index in [0.29, 0.717) is 5.56 Å². The Bertz CT molecular complexity index is 2640. The molecular formula is C48H31N3. The molecule has 0 amide bonds. The Kier molecular flexibility index (Phi) is 7.54. The molecule has 0 spiro atoms. The summed E-state index contributed by atoms with van der Waals surface area (Å²) >= 11 is 0. The second-order valence-corrected chi connectivity index (χ2v) is 12.8. The van der Waals surface area contributed by atoms with Gasteiger partial charge in [0.1, 0.15) is 0 Å². The minimum absolute atomic E-state index is 0.625. The maximum Gasteiger partial charge on any atom is 0.0991 e. The van der Waals surface area contributed by atoms with Gasteiger partial charge in [-0.1, -0.05) is 133 Å². The van der Waals surface area contributed by atoms with Crippen molar-refractivity contribution >= 4 is 21.8 Å². The first-order valence-electron chi connectivity index (χ1n) is 17.1. The van der Waals surface area contributed by atoms with E-state index in [0.717, 1.165) is 61.5 Å². The van der Waals surface area contributed by atoms with E-state index in [-0.39, 0.29) is 0 Å². The Labute approximate surface area is 297 Å². The quantitative estimate of drug-likeness (QED) is 0.180. The highest BCUT2D eigenvalue weighted by molar-refractivity contribution is 6.11. The lowest BCUT2D eigenvalue weighted by molar-refractivity contribution is 1.18. The maximum atomic E-state index is 9.80. The van der Waals surface area contributed by atoms with Gasteiger partial charge < -0.3 is 4.57 Å². The molecule has 9 aromatic rings. The van der Waals surface area contributed by atoms with Gasteiger partial charge in [-0.15, -0.1) is 0 Å². The summed E-state index contributed by atoms with van der Waals surface area (Å²) in [6, 6.07) is 68.0. The largest absolute Gasteiger partial charge is 0.309 e. The van der Waals surface area contributed by atoms with Crippen LogP contribution in [0.4, 0.5) is 0 Å². The minimum atomic E-state index is 0.625. The average molecular weight is 650 g/mol. The number of rotatable bonds is 6. The number of aromatic nitrogens is 2. The normalized spacial score (nSPS) is 11.1. The van der Waals surface area contributed by atoms with Crippen LogP contribution in [0.15, 0.2) is 188 Å². The van der Waals surface area contributed by atoms with Crippen molar-refractivity contribution < 1.29 is 0 Å². The van der Waals surface area contributed by atoms with E-state index in [2.05, 4.69) is 162 Å². The van der Waals surface area contributed by atoms with Gasteiger partial charge in [-0.25, -0.2) is 4.98 Å². The van der Waals surface area contributed by atoms with Gasteiger partial charge in [0.2, 0.25) is 0 Å². The first-order chi connectivity index (χ1) is 25.2. The van der Waals surface area contributed by atoms with Crippen molar-refractivity contribution in [3.63, 3.8) is 0 Å². The summed E-state index contributed by atoms with van der Waals surface area (Å²) in [6.07, 6.45) is 0. The number of nitriles is 1. The number of pyridine rings is 1. The van der Waals surface area contributed by atoms with Crippen LogP contribution in [0.1, 0.15) is 5.56 Å². The zero-order chi connectivity index (χ0) is 34.1. The topological polar surface area (TPSA) is 41.6 Å². The molecule has 0 atom stereocenters. The molecule has 0 fully saturated rings. The fraction of sp³-hybridized carbons (Fsp3) is 0. The van der Waals surface area contributed by atoms with Gasteiger partial charge in [0, 0.05) is 27.6 Å². The Morgan fingerprint density at radius 1 is 0.373 bits per heavy atom. The van der Waals surface area contributed by atoms with Crippen LogP contribution < -0.4 is 0 Å². The highest BCUT2D eigenvalue weighted by Gasteiger charge is 2.17. The molecule has 0 saturated carbocycles. The molecule has 0 bridgehead atoms. The van der Waals surface area contributed by atoms with Crippen LogP contribution in [0.3, 0.4) is 0 Å². The molecule has 9 rings (SSSR count). The standard InChI is InChI=1S/C48H31N3/c49-32-33-12-10-19-37(26-33)40-27-41(46-21-11-20-45(50-46)36-17-8-3-9-18-36)29-42(28-40)51-47-30-38(34-13-4-1-5-14-34)22-24-43(47)44-25-23-39(31-48(44)51)35-15-6-2-7-16-35/h1-31H. The lowest BCUT2D eigenvalue weighted by atomic mass is 9.98. The molecule has 0 aliphatic rings. The Morgan fingerprint density at radius 3 is 1.45 bits per heavy atom. The van der Waals surface area contributed by atoms with Crippen molar-refractivity contribution in [2.45, 2.75) is 0 Å². The van der Waals surface area contributed by atoms with E-state index in [4.69, 9.17) is 4.98 Å². The van der Waals surface area contributed by atoms with Crippen molar-refractivity contribution in [2.75, 3.05) is 0 Å². The Balaban J connectivity index is 1.34. The summed E-state index contributed by atoms with van der Waals surface area (Å²) in [7, 11) is 0. The van der Waals surface area contributed by atoms with Crippen molar-refractivity contribution in [1.29, 1.82) is 5.26 Å². The summed E-state index contributed by atoms with van der Waals surface area (Å²) < 4.78 is 2.39. The first kappa shape index (κ1) is 30.1. The summed E-state index contributed by atoms with van der Waals surface area (Å²) in [6.45, 7) is 0. The van der Waals surface area contributed by atoms with E-state index in [1.54, 1.807) is 0 Å². The van der Waals surface area contributed by atoms with Gasteiger partial charge in [-0.3, -0.25) is 0 Å². The van der Waals surface area contributed by atoms with Gasteiger partial charge in [-0.2, -0.15) is 5.26 Å². The van der Waals surface area contributed by atoms with Gasteiger partial charge in [-0.05, 0) is 88.0 Å². The molecule has 0 saturated heterocycles. The van der Waals surface area contributed by atoms with Crippen LogP contribution in [0.25, 0.3) is 83.4 Å². The maximum absolute atomic E-state index is 9.80. The van der Waals surface area contributed by atoms with Crippen LogP contribution in [0, 0.1) is 11.3 Å². The van der Waals surface area contributed by atoms with Crippen molar-refractivity contribution in [3.8, 4) is 67.7 Å². The number of nitrogens with zero attached hydrogens (tertiary/aromatic N) is 3. The molecule has 3 heteroatoms. The van der Waals surface area contributed by atoms with E-state index < -0.39 is 0 Å². The zero-order valence-corrected chi connectivity index (χ0v) is 27.7. The summed E-state index contributed by atoms with van der Waals surface area (Å²) in [4.78, 5) is 5.17. The van der Waals surface area contributed by atoms with Gasteiger partial charge in [0.25, 0.3) is 0 Å². The van der Waals surface area contributed by atoms with Crippen molar-refractivity contribution in [2.24, 2.45) is 0 Å². The fourth-order valence-corrected chi connectivity index (χ4v) is 7.11. The SMILES string of the molecule is N#Cc1cccc(-c2cc(-c3cccc(-c4ccccc4)n3)cc(-n3c4cc(-c5ccccc5)ccc4c4ccc(-c5ccccc5)cc43)c2)c1. The second kappa shape index (κ2) is 12.8. The predicted octanol–water partition coefficient (Wildman–Crippen LogP) is 12.4. The molecule has 0 aliphatic heterocycles. The first-order valence-corrected chi connectivity index (χ1v) is 17.1. The van der Waals surface area contributed by atoms with Crippen molar-refractivity contribution in [3.05, 3.63) is 194 Å². The van der Waals surface area contributed by atoms with E-state index >= 15 is 0 Å². The third-order valence-corrected chi connectivity index (χ3v) is 9.60. The number of hydrogen-bond donors (Lipinski definition) is 0. The number of benzene rings is 7. The third-order valence-electron chi connectivity index (χ3n) is 9.60. The lowest BCUT2D eigenvalue weighted by Gasteiger charge is -2.15. The summed E-state index contributed by atoms with van der Waals surface area (Å²) in [5.41, 5.74) is 14.4. The van der Waals surface area contributed by atoms with Crippen LogP contribution in [-0.4, -0.2) is 9.55 Å². The van der Waals surface area contributed by atoms with Crippen LogP contribution in [0.5, 0.6) is 0 Å². The third kappa shape index (κ3) is 5.65. The molecule has 0 aliphatic carbocycles. The van der Waals surface area contributed by atoms with E-state index in [1.165, 1.54) is 21.9 Å². The molecule has 7 aromatic carbocycles. The van der Waals surface area contributed by atoms with E-state index in [9.17, 15) is 5.26 Å². The molecule has 0 N–H and O–H groups in total. The van der Waals surface area contributed by atoms with Gasteiger partial charge in [0.05, 0.1) is 34.1 Å². The highest BCUT2D eigenvalue weighted by atomic mass is 15.0. The van der Waals surface area contributed by atoms with Crippen molar-refractivity contribution in [1.82, 2.24) is 9.55 Å². The average Bonchev–Trinajstić information content (AvgIpc) is 3.54. The lowest BCUT2D eigenvalue weighted by Crippen LogP contribution is -1.97. The molecule has 2 heterocycles. The fourth-order valence-electron chi connectivity index (χ4n) is 7.11. The number of hydrogen-bond acceptors (Lipinski definition) is 2. The van der Waals surface area contributed by atoms with Crippen LogP contribution >= 0.6 is 0 Å².